The van der Waals surface area contributed by atoms with Gasteiger partial charge < -0.3 is 10.1 Å². The number of halogens is 1. The summed E-state index contributed by atoms with van der Waals surface area (Å²) < 4.78 is 5.90. The van der Waals surface area contributed by atoms with Crippen LogP contribution >= 0.6 is 11.6 Å². The third kappa shape index (κ3) is 5.60. The van der Waals surface area contributed by atoms with Crippen LogP contribution in [0.2, 0.25) is 5.02 Å². The van der Waals surface area contributed by atoms with Crippen LogP contribution in [0.25, 0.3) is 16.8 Å². The maximum atomic E-state index is 12.5. The lowest BCUT2D eigenvalue weighted by Crippen LogP contribution is -2.13. The van der Waals surface area contributed by atoms with Crippen LogP contribution < -0.4 is 10.1 Å². The molecular weight excluding hydrogens is 432 g/mol. The second kappa shape index (κ2) is 10.0. The third-order valence-electron chi connectivity index (χ3n) is 5.12. The van der Waals surface area contributed by atoms with Crippen molar-refractivity contribution in [2.45, 2.75) is 13.5 Å². The second-order valence-corrected chi connectivity index (χ2v) is 8.06. The van der Waals surface area contributed by atoms with Gasteiger partial charge in [0.15, 0.2) is 0 Å². The predicted octanol–water partition coefficient (Wildman–Crippen LogP) is 6.93. The lowest BCUT2D eigenvalue weighted by atomic mass is 10.1. The summed E-state index contributed by atoms with van der Waals surface area (Å²) >= 11 is 6.41. The monoisotopic (exact) mass is 452 g/mol. The first-order valence-electron chi connectivity index (χ1n) is 10.4. The molecule has 0 radical (unpaired) electrons. The smallest absolute Gasteiger partial charge is 0.266 e. The van der Waals surface area contributed by atoms with E-state index >= 15 is 0 Å². The van der Waals surface area contributed by atoms with Gasteiger partial charge in [0.05, 0.1) is 5.02 Å². The molecule has 0 saturated carbocycles. The van der Waals surface area contributed by atoms with E-state index in [9.17, 15) is 10.1 Å². The second-order valence-electron chi connectivity index (χ2n) is 7.65. The van der Waals surface area contributed by atoms with Crippen LogP contribution in [0.4, 0.5) is 5.69 Å². The Hall–Kier alpha value is -4.07. The summed E-state index contributed by atoms with van der Waals surface area (Å²) in [6, 6.07) is 28.9. The number of hydrogen-bond donors (Lipinski definition) is 1. The van der Waals surface area contributed by atoms with Crippen LogP contribution in [-0.2, 0) is 11.4 Å². The molecule has 0 aliphatic rings. The Morgan fingerprint density at radius 2 is 1.82 bits per heavy atom. The number of fused-ring (bicyclic) bond motifs is 1. The first-order chi connectivity index (χ1) is 16.0. The number of anilines is 1. The highest BCUT2D eigenvalue weighted by Gasteiger charge is 2.11. The Labute approximate surface area is 197 Å². The Balaban J connectivity index is 1.45. The normalized spacial score (nSPS) is 11.1. The number of hydrogen-bond acceptors (Lipinski definition) is 3. The number of rotatable bonds is 6. The maximum Gasteiger partial charge on any atom is 0.266 e. The van der Waals surface area contributed by atoms with Gasteiger partial charge in [-0.05, 0) is 70.8 Å². The number of nitriles is 1. The zero-order valence-electron chi connectivity index (χ0n) is 18.0. The third-order valence-corrected chi connectivity index (χ3v) is 5.41. The number of nitrogens with zero attached hydrogens (tertiary/aromatic N) is 1. The van der Waals surface area contributed by atoms with E-state index in [2.05, 4.69) is 29.6 Å². The lowest BCUT2D eigenvalue weighted by Gasteiger charge is -2.10. The van der Waals surface area contributed by atoms with Crippen molar-refractivity contribution in [2.24, 2.45) is 0 Å². The van der Waals surface area contributed by atoms with Crippen LogP contribution in [0.15, 0.2) is 90.5 Å². The molecule has 0 spiro atoms. The molecule has 4 rings (SSSR count). The van der Waals surface area contributed by atoms with Crippen LogP contribution in [0, 0.1) is 18.3 Å². The van der Waals surface area contributed by atoms with Crippen molar-refractivity contribution < 1.29 is 9.53 Å². The van der Waals surface area contributed by atoms with E-state index in [0.717, 1.165) is 16.5 Å². The summed E-state index contributed by atoms with van der Waals surface area (Å²) in [6.07, 6.45) is 1.50. The quantitative estimate of drug-likeness (QED) is 0.255. The molecule has 0 heterocycles. The first-order valence-corrected chi connectivity index (χ1v) is 10.8. The van der Waals surface area contributed by atoms with Gasteiger partial charge >= 0.3 is 0 Å². The average molecular weight is 453 g/mol. The molecule has 0 fully saturated rings. The zero-order valence-corrected chi connectivity index (χ0v) is 18.8. The van der Waals surface area contributed by atoms with Crippen molar-refractivity contribution in [3.8, 4) is 11.8 Å². The first kappa shape index (κ1) is 22.1. The van der Waals surface area contributed by atoms with E-state index in [1.165, 1.54) is 11.5 Å². The summed E-state index contributed by atoms with van der Waals surface area (Å²) in [5, 5.41) is 14.9. The fourth-order valence-corrected chi connectivity index (χ4v) is 3.69. The fourth-order valence-electron chi connectivity index (χ4n) is 3.45. The Morgan fingerprint density at radius 1 is 1.00 bits per heavy atom. The van der Waals surface area contributed by atoms with Gasteiger partial charge in [0.25, 0.3) is 5.91 Å². The Morgan fingerprint density at radius 3 is 2.58 bits per heavy atom. The van der Waals surface area contributed by atoms with Crippen LogP contribution in [0.3, 0.4) is 0 Å². The van der Waals surface area contributed by atoms with E-state index < -0.39 is 5.91 Å². The molecule has 0 aliphatic heterocycles. The molecule has 4 aromatic carbocycles. The standard InChI is InChI=1S/C28H21ClN2O2/c1-19-5-4-8-25(13-19)31-28(32)24(17-30)14-20-10-12-27(26(29)16-20)33-18-21-9-11-22-6-2-3-7-23(22)15-21/h2-16H,18H2,1H3,(H,31,32)/b24-14+. The van der Waals surface area contributed by atoms with Crippen molar-refractivity contribution in [3.63, 3.8) is 0 Å². The van der Waals surface area contributed by atoms with Gasteiger partial charge in [0.1, 0.15) is 24.0 Å². The van der Waals surface area contributed by atoms with Gasteiger partial charge in [0.2, 0.25) is 0 Å². The van der Waals surface area contributed by atoms with E-state index in [1.54, 1.807) is 24.3 Å². The van der Waals surface area contributed by atoms with Crippen LogP contribution in [0.1, 0.15) is 16.7 Å². The summed E-state index contributed by atoms with van der Waals surface area (Å²) in [5.74, 6) is 0.0561. The molecule has 0 bridgehead atoms. The summed E-state index contributed by atoms with van der Waals surface area (Å²) in [5.41, 5.74) is 3.30. The summed E-state index contributed by atoms with van der Waals surface area (Å²) in [6.45, 7) is 2.31. The fraction of sp³-hybridized carbons (Fsp3) is 0.0714. The van der Waals surface area contributed by atoms with Crippen molar-refractivity contribution in [2.75, 3.05) is 5.32 Å². The Bertz CT molecular complexity index is 1400. The SMILES string of the molecule is Cc1cccc(NC(=O)/C(C#N)=C/c2ccc(OCc3ccc4ccccc4c3)c(Cl)c2)c1. The summed E-state index contributed by atoms with van der Waals surface area (Å²) in [4.78, 5) is 12.5. The van der Waals surface area contributed by atoms with E-state index in [-0.39, 0.29) is 5.57 Å². The van der Waals surface area contributed by atoms with E-state index in [4.69, 9.17) is 16.3 Å². The van der Waals surface area contributed by atoms with Gasteiger partial charge in [0, 0.05) is 5.69 Å². The average Bonchev–Trinajstić information content (AvgIpc) is 2.81. The highest BCUT2D eigenvalue weighted by Crippen LogP contribution is 2.28. The molecule has 4 nitrogen and oxygen atoms in total. The van der Waals surface area contributed by atoms with E-state index in [0.29, 0.717) is 28.6 Å². The molecule has 4 aromatic rings. The van der Waals surface area contributed by atoms with E-state index in [1.807, 2.05) is 49.4 Å². The number of ether oxygens (including phenoxy) is 1. The van der Waals surface area contributed by atoms with Crippen molar-refractivity contribution in [3.05, 3.63) is 112 Å². The molecule has 0 atom stereocenters. The van der Waals surface area contributed by atoms with Crippen molar-refractivity contribution in [1.82, 2.24) is 0 Å². The topological polar surface area (TPSA) is 62.1 Å². The minimum Gasteiger partial charge on any atom is -0.487 e. The predicted molar refractivity (Wildman–Crippen MR) is 133 cm³/mol. The molecule has 33 heavy (non-hydrogen) atoms. The molecule has 0 unspecified atom stereocenters. The molecule has 1 amide bonds. The highest BCUT2D eigenvalue weighted by atomic mass is 35.5. The molecule has 5 heteroatoms. The zero-order chi connectivity index (χ0) is 23.2. The van der Waals surface area contributed by atoms with Gasteiger partial charge in [-0.3, -0.25) is 4.79 Å². The molecule has 0 aromatic heterocycles. The number of aryl methyl sites for hydroxylation is 1. The minimum atomic E-state index is -0.476. The minimum absolute atomic E-state index is 0.0163. The number of nitrogens with one attached hydrogen (secondary N) is 1. The number of amides is 1. The van der Waals surface area contributed by atoms with Crippen LogP contribution in [0.5, 0.6) is 5.75 Å². The van der Waals surface area contributed by atoms with Gasteiger partial charge in [-0.1, -0.05) is 66.2 Å². The largest absolute Gasteiger partial charge is 0.487 e. The molecule has 162 valence electrons. The molecule has 0 saturated heterocycles. The van der Waals surface area contributed by atoms with Crippen molar-refractivity contribution in [1.29, 1.82) is 5.26 Å². The number of carbonyl (C=O) groups is 1. The van der Waals surface area contributed by atoms with Crippen LogP contribution in [-0.4, -0.2) is 5.91 Å². The lowest BCUT2D eigenvalue weighted by molar-refractivity contribution is -0.112. The summed E-state index contributed by atoms with van der Waals surface area (Å²) in [7, 11) is 0. The molecule has 1 N–H and O–H groups in total. The number of carbonyl (C=O) groups excluding carboxylic acids is 1. The molecule has 0 aliphatic carbocycles. The van der Waals surface area contributed by atoms with Gasteiger partial charge in [-0.15, -0.1) is 0 Å². The Kier molecular flexibility index (Phi) is 6.73. The molecular formula is C28H21ClN2O2. The highest BCUT2D eigenvalue weighted by molar-refractivity contribution is 6.32. The van der Waals surface area contributed by atoms with Gasteiger partial charge in [-0.25, -0.2) is 0 Å². The maximum absolute atomic E-state index is 12.5. The van der Waals surface area contributed by atoms with Crippen molar-refractivity contribution >= 4 is 40.0 Å². The number of benzene rings is 4. The van der Waals surface area contributed by atoms with Gasteiger partial charge in [-0.2, -0.15) is 5.26 Å².